The molecule has 0 atom stereocenters. The minimum absolute atomic E-state index is 0.0803. The number of hydrogen-bond donors (Lipinski definition) is 1. The lowest BCUT2D eigenvalue weighted by Gasteiger charge is -2.15. The highest BCUT2D eigenvalue weighted by Crippen LogP contribution is 2.30. The fourth-order valence-corrected chi connectivity index (χ4v) is 4.50. The number of aromatic nitrogens is 3. The molecule has 0 aliphatic rings. The number of ether oxygens (including phenoxy) is 1. The molecule has 0 spiro atoms. The predicted octanol–water partition coefficient (Wildman–Crippen LogP) is 6.22. The van der Waals surface area contributed by atoms with Crippen LogP contribution in [0.2, 0.25) is 0 Å². The van der Waals surface area contributed by atoms with E-state index < -0.39 is 0 Å². The normalized spacial score (nSPS) is 10.9. The van der Waals surface area contributed by atoms with E-state index in [4.69, 9.17) is 4.74 Å². The zero-order valence-electron chi connectivity index (χ0n) is 19.2. The van der Waals surface area contributed by atoms with E-state index in [0.717, 1.165) is 33.5 Å². The summed E-state index contributed by atoms with van der Waals surface area (Å²) in [5.41, 5.74) is 3.08. The zero-order chi connectivity index (χ0) is 23.8. The lowest BCUT2D eigenvalue weighted by atomic mass is 10.0. The first-order valence-corrected chi connectivity index (χ1v) is 12.7. The van der Waals surface area contributed by atoms with Crippen LogP contribution in [0.4, 0.5) is 5.69 Å². The Balaban J connectivity index is 1.67. The van der Waals surface area contributed by atoms with Crippen molar-refractivity contribution >= 4 is 39.3 Å². The van der Waals surface area contributed by atoms with Crippen molar-refractivity contribution < 1.29 is 9.53 Å². The Kier molecular flexibility index (Phi) is 9.14. The third-order valence-electron chi connectivity index (χ3n) is 5.06. The van der Waals surface area contributed by atoms with E-state index in [1.54, 1.807) is 6.08 Å². The lowest BCUT2D eigenvalue weighted by Crippen LogP contribution is -2.16. The largest absolute Gasteiger partial charge is 0.485 e. The van der Waals surface area contributed by atoms with Gasteiger partial charge in [-0.2, -0.15) is 0 Å². The second kappa shape index (κ2) is 12.0. The number of nitrogens with one attached hydrogen (secondary N) is 1. The second-order valence-corrected chi connectivity index (χ2v) is 9.63. The fourth-order valence-electron chi connectivity index (χ4n) is 3.36. The van der Waals surface area contributed by atoms with Gasteiger partial charge in [-0.05, 0) is 47.7 Å². The number of amides is 1. The molecule has 1 amide bonds. The number of para-hydroxylation sites is 1. The van der Waals surface area contributed by atoms with E-state index in [1.807, 2.05) is 41.0 Å². The number of anilines is 1. The van der Waals surface area contributed by atoms with Gasteiger partial charge in [0, 0.05) is 16.7 Å². The summed E-state index contributed by atoms with van der Waals surface area (Å²) in [7, 11) is 0. The maximum Gasteiger partial charge on any atom is 0.234 e. The maximum absolute atomic E-state index is 12.5. The van der Waals surface area contributed by atoms with Crippen molar-refractivity contribution in [3.8, 4) is 5.75 Å². The lowest BCUT2D eigenvalue weighted by molar-refractivity contribution is -0.113. The van der Waals surface area contributed by atoms with E-state index in [1.165, 1.54) is 11.8 Å². The van der Waals surface area contributed by atoms with Gasteiger partial charge in [0.1, 0.15) is 12.4 Å². The molecule has 0 aliphatic carbocycles. The number of halogens is 1. The second-order valence-electron chi connectivity index (χ2n) is 7.77. The third-order valence-corrected chi connectivity index (χ3v) is 6.52. The molecule has 0 radical (unpaired) electrons. The fraction of sp³-hybridized carbons (Fsp3) is 0.320. The van der Waals surface area contributed by atoms with Gasteiger partial charge in [-0.1, -0.05) is 72.7 Å². The molecule has 1 N–H and O–H groups in total. The Morgan fingerprint density at radius 3 is 2.79 bits per heavy atom. The number of allylic oxidation sites excluding steroid dienone is 1. The van der Waals surface area contributed by atoms with Crippen molar-refractivity contribution in [2.75, 3.05) is 11.1 Å². The number of hydrogen-bond acceptors (Lipinski definition) is 5. The summed E-state index contributed by atoms with van der Waals surface area (Å²) in [6, 6.07) is 13.8. The van der Waals surface area contributed by atoms with E-state index in [-0.39, 0.29) is 18.3 Å². The molecule has 174 valence electrons. The van der Waals surface area contributed by atoms with Crippen LogP contribution in [0.15, 0.2) is 64.7 Å². The van der Waals surface area contributed by atoms with Crippen LogP contribution in [-0.2, 0) is 24.4 Å². The number of carbonyl (C=O) groups is 1. The van der Waals surface area contributed by atoms with Gasteiger partial charge in [0.25, 0.3) is 0 Å². The standard InChI is InChI=1S/C25H29BrN4O2S/c1-5-13-30-23(15-32-22-12-11-19(26)14-20(22)17(3)4)28-29-25(30)33-16-24(31)27-21-10-8-7-9-18(21)6-2/h5,7-12,14,17H,1,6,13,15-16H2,2-4H3,(H,27,31). The highest BCUT2D eigenvalue weighted by atomic mass is 79.9. The molecule has 0 saturated carbocycles. The Hall–Kier alpha value is -2.58. The van der Waals surface area contributed by atoms with Gasteiger partial charge in [0.2, 0.25) is 5.91 Å². The van der Waals surface area contributed by atoms with Crippen LogP contribution in [-0.4, -0.2) is 26.4 Å². The summed E-state index contributed by atoms with van der Waals surface area (Å²) in [4.78, 5) is 12.5. The van der Waals surface area contributed by atoms with E-state index in [2.05, 4.69) is 64.9 Å². The smallest absolute Gasteiger partial charge is 0.234 e. The SMILES string of the molecule is C=CCn1c(COc2ccc(Br)cc2C(C)C)nnc1SCC(=O)Nc1ccccc1CC. The maximum atomic E-state index is 12.5. The van der Waals surface area contributed by atoms with Crippen molar-refractivity contribution in [3.05, 3.63) is 76.5 Å². The molecule has 3 rings (SSSR count). The van der Waals surface area contributed by atoms with Gasteiger partial charge >= 0.3 is 0 Å². The van der Waals surface area contributed by atoms with Crippen LogP contribution in [0, 0.1) is 0 Å². The molecular formula is C25H29BrN4O2S. The zero-order valence-corrected chi connectivity index (χ0v) is 21.6. The molecule has 0 unspecified atom stereocenters. The van der Waals surface area contributed by atoms with Crippen LogP contribution < -0.4 is 10.1 Å². The highest BCUT2D eigenvalue weighted by molar-refractivity contribution is 9.10. The van der Waals surface area contributed by atoms with Crippen molar-refractivity contribution in [1.82, 2.24) is 14.8 Å². The number of benzene rings is 2. The average Bonchev–Trinajstić information content (AvgIpc) is 3.18. The molecule has 1 aromatic heterocycles. The average molecular weight is 530 g/mol. The Morgan fingerprint density at radius 1 is 1.27 bits per heavy atom. The molecule has 1 heterocycles. The van der Waals surface area contributed by atoms with Gasteiger partial charge in [-0.3, -0.25) is 9.36 Å². The molecular weight excluding hydrogens is 500 g/mol. The van der Waals surface area contributed by atoms with E-state index >= 15 is 0 Å². The number of rotatable bonds is 11. The minimum Gasteiger partial charge on any atom is -0.485 e. The number of aryl methyl sites for hydroxylation is 1. The van der Waals surface area contributed by atoms with Crippen LogP contribution >= 0.6 is 27.7 Å². The first-order chi connectivity index (χ1) is 15.9. The summed E-state index contributed by atoms with van der Waals surface area (Å²) < 4.78 is 9.05. The third kappa shape index (κ3) is 6.71. The van der Waals surface area contributed by atoms with Gasteiger partial charge in [-0.15, -0.1) is 16.8 Å². The number of carbonyl (C=O) groups excluding carboxylic acids is 1. The molecule has 33 heavy (non-hydrogen) atoms. The Morgan fingerprint density at radius 2 is 2.06 bits per heavy atom. The monoisotopic (exact) mass is 528 g/mol. The quantitative estimate of drug-likeness (QED) is 0.236. The molecule has 6 nitrogen and oxygen atoms in total. The van der Waals surface area contributed by atoms with Crippen molar-refractivity contribution in [3.63, 3.8) is 0 Å². The summed E-state index contributed by atoms with van der Waals surface area (Å²) in [5, 5.41) is 12.3. The number of nitrogens with zero attached hydrogens (tertiary/aromatic N) is 3. The Labute approximate surface area is 208 Å². The molecule has 0 fully saturated rings. The summed E-state index contributed by atoms with van der Waals surface area (Å²) in [6.45, 7) is 11.0. The van der Waals surface area contributed by atoms with Crippen molar-refractivity contribution in [1.29, 1.82) is 0 Å². The van der Waals surface area contributed by atoms with Gasteiger partial charge in [-0.25, -0.2) is 0 Å². The van der Waals surface area contributed by atoms with Gasteiger partial charge in [0.05, 0.1) is 5.75 Å². The predicted molar refractivity (Wildman–Crippen MR) is 138 cm³/mol. The molecule has 0 bridgehead atoms. The molecule has 0 saturated heterocycles. The van der Waals surface area contributed by atoms with Crippen LogP contribution in [0.25, 0.3) is 0 Å². The van der Waals surface area contributed by atoms with Crippen LogP contribution in [0.5, 0.6) is 5.75 Å². The highest BCUT2D eigenvalue weighted by Gasteiger charge is 2.16. The summed E-state index contributed by atoms with van der Waals surface area (Å²) in [5.74, 6) is 1.99. The van der Waals surface area contributed by atoms with E-state index in [0.29, 0.717) is 23.4 Å². The van der Waals surface area contributed by atoms with Gasteiger partial charge < -0.3 is 10.1 Å². The molecule has 2 aromatic carbocycles. The van der Waals surface area contributed by atoms with Crippen molar-refractivity contribution in [2.45, 2.75) is 51.4 Å². The van der Waals surface area contributed by atoms with E-state index in [9.17, 15) is 4.79 Å². The first kappa shape index (κ1) is 25.1. The van der Waals surface area contributed by atoms with Crippen LogP contribution in [0.3, 0.4) is 0 Å². The number of thioether (sulfide) groups is 1. The first-order valence-electron chi connectivity index (χ1n) is 10.9. The summed E-state index contributed by atoms with van der Waals surface area (Å²) >= 11 is 4.87. The Bertz CT molecular complexity index is 1110. The minimum atomic E-state index is -0.0803. The molecule has 3 aromatic rings. The van der Waals surface area contributed by atoms with Gasteiger partial charge in [0.15, 0.2) is 11.0 Å². The summed E-state index contributed by atoms with van der Waals surface area (Å²) in [6.07, 6.45) is 2.64. The molecule has 0 aliphatic heterocycles. The molecule has 8 heteroatoms. The van der Waals surface area contributed by atoms with Crippen LogP contribution in [0.1, 0.15) is 43.6 Å². The topological polar surface area (TPSA) is 69.0 Å². The van der Waals surface area contributed by atoms with Crippen molar-refractivity contribution in [2.24, 2.45) is 0 Å².